The first-order valence-electron chi connectivity index (χ1n) is 6.88. The summed E-state index contributed by atoms with van der Waals surface area (Å²) in [5.74, 6) is 2.38. The van der Waals surface area contributed by atoms with Gasteiger partial charge in [0.05, 0.1) is 20.4 Å². The van der Waals surface area contributed by atoms with E-state index < -0.39 is 0 Å². The standard InChI is InChI=1S/C15H21N3O2/c1-19-13-8-7-12(10-14(13)20-2)11-17-18-15-6-4-3-5-9-16-15/h7-8,10-11H,3-6,9H2,1-2H3,(H,16,18)/b17-11-. The minimum Gasteiger partial charge on any atom is -0.493 e. The van der Waals surface area contributed by atoms with E-state index in [0.29, 0.717) is 11.5 Å². The summed E-state index contributed by atoms with van der Waals surface area (Å²) in [6, 6.07) is 5.68. The average molecular weight is 275 g/mol. The fourth-order valence-corrected chi connectivity index (χ4v) is 2.08. The third-order valence-corrected chi connectivity index (χ3v) is 3.19. The van der Waals surface area contributed by atoms with Crippen molar-refractivity contribution in [2.24, 2.45) is 10.1 Å². The first-order valence-corrected chi connectivity index (χ1v) is 6.88. The highest BCUT2D eigenvalue weighted by Gasteiger charge is 2.04. The van der Waals surface area contributed by atoms with E-state index in [9.17, 15) is 0 Å². The molecule has 5 heteroatoms. The zero-order valence-corrected chi connectivity index (χ0v) is 12.1. The van der Waals surface area contributed by atoms with E-state index in [1.165, 1.54) is 19.3 Å². The lowest BCUT2D eigenvalue weighted by Gasteiger charge is -2.07. The summed E-state index contributed by atoms with van der Waals surface area (Å²) >= 11 is 0. The molecule has 0 aliphatic carbocycles. The number of aliphatic imine (C=N–C) groups is 1. The van der Waals surface area contributed by atoms with Crippen LogP contribution in [0.25, 0.3) is 0 Å². The van der Waals surface area contributed by atoms with Crippen molar-refractivity contribution >= 4 is 12.1 Å². The SMILES string of the molecule is COc1ccc(/C=N\NC2=NCCCCC2)cc1OC. The van der Waals surface area contributed by atoms with Crippen LogP contribution in [-0.2, 0) is 0 Å². The first-order chi connectivity index (χ1) is 9.83. The Hall–Kier alpha value is -2.04. The van der Waals surface area contributed by atoms with Crippen LogP contribution in [0.15, 0.2) is 28.3 Å². The fourth-order valence-electron chi connectivity index (χ4n) is 2.08. The Labute approximate surface area is 119 Å². The summed E-state index contributed by atoms with van der Waals surface area (Å²) in [7, 11) is 3.24. The van der Waals surface area contributed by atoms with Crippen LogP contribution in [0.3, 0.4) is 0 Å². The van der Waals surface area contributed by atoms with Gasteiger partial charge in [-0.15, -0.1) is 0 Å². The first kappa shape index (κ1) is 14.4. The molecule has 1 aliphatic heterocycles. The van der Waals surface area contributed by atoms with Crippen molar-refractivity contribution in [3.63, 3.8) is 0 Å². The largest absolute Gasteiger partial charge is 0.493 e. The molecular formula is C15H21N3O2. The molecular weight excluding hydrogens is 254 g/mol. The molecule has 0 radical (unpaired) electrons. The predicted octanol–water partition coefficient (Wildman–Crippen LogP) is 2.60. The molecule has 0 unspecified atom stereocenters. The van der Waals surface area contributed by atoms with E-state index in [1.807, 2.05) is 18.2 Å². The number of hydrogen-bond acceptors (Lipinski definition) is 5. The Morgan fingerprint density at radius 1 is 1.15 bits per heavy atom. The van der Waals surface area contributed by atoms with Crippen LogP contribution in [0.5, 0.6) is 11.5 Å². The lowest BCUT2D eigenvalue weighted by molar-refractivity contribution is 0.355. The van der Waals surface area contributed by atoms with Gasteiger partial charge >= 0.3 is 0 Å². The molecule has 0 spiro atoms. The maximum absolute atomic E-state index is 5.26. The molecule has 1 aromatic rings. The minimum atomic E-state index is 0.697. The summed E-state index contributed by atoms with van der Waals surface area (Å²) in [6.07, 6.45) is 6.33. The Bertz CT molecular complexity index is 498. The van der Waals surface area contributed by atoms with Crippen LogP contribution in [0.2, 0.25) is 0 Å². The summed E-state index contributed by atoms with van der Waals surface area (Å²) in [5.41, 5.74) is 3.97. The highest BCUT2D eigenvalue weighted by atomic mass is 16.5. The van der Waals surface area contributed by atoms with E-state index >= 15 is 0 Å². The van der Waals surface area contributed by atoms with Crippen LogP contribution in [0, 0.1) is 0 Å². The van der Waals surface area contributed by atoms with Crippen LogP contribution < -0.4 is 14.9 Å². The molecule has 0 fully saturated rings. The summed E-state index contributed by atoms with van der Waals surface area (Å²) in [6.45, 7) is 0.897. The molecule has 1 heterocycles. The summed E-state index contributed by atoms with van der Waals surface area (Å²) in [5, 5.41) is 4.24. The van der Waals surface area contributed by atoms with Gasteiger partial charge in [-0.25, -0.2) is 0 Å². The number of rotatable bonds is 4. The molecule has 0 bridgehead atoms. The summed E-state index contributed by atoms with van der Waals surface area (Å²) < 4.78 is 10.5. The number of benzene rings is 1. The summed E-state index contributed by atoms with van der Waals surface area (Å²) in [4.78, 5) is 4.46. The van der Waals surface area contributed by atoms with Gasteiger partial charge in [-0.2, -0.15) is 5.10 Å². The van der Waals surface area contributed by atoms with E-state index in [0.717, 1.165) is 24.4 Å². The molecule has 1 aliphatic rings. The molecule has 2 rings (SSSR count). The lowest BCUT2D eigenvalue weighted by atomic mass is 10.2. The maximum Gasteiger partial charge on any atom is 0.161 e. The van der Waals surface area contributed by atoms with Crippen molar-refractivity contribution in [3.05, 3.63) is 23.8 Å². The molecule has 1 N–H and O–H groups in total. The van der Waals surface area contributed by atoms with Crippen LogP contribution in [-0.4, -0.2) is 32.8 Å². The van der Waals surface area contributed by atoms with Gasteiger partial charge in [0.1, 0.15) is 5.84 Å². The normalized spacial score (nSPS) is 15.6. The van der Waals surface area contributed by atoms with Crippen molar-refractivity contribution in [2.75, 3.05) is 20.8 Å². The molecule has 0 atom stereocenters. The van der Waals surface area contributed by atoms with E-state index in [1.54, 1.807) is 20.4 Å². The van der Waals surface area contributed by atoms with Crippen molar-refractivity contribution < 1.29 is 9.47 Å². The Balaban J connectivity index is 1.98. The molecule has 20 heavy (non-hydrogen) atoms. The highest BCUT2D eigenvalue weighted by molar-refractivity contribution is 5.85. The molecule has 0 aromatic heterocycles. The molecule has 0 saturated carbocycles. The lowest BCUT2D eigenvalue weighted by Crippen LogP contribution is -2.17. The Morgan fingerprint density at radius 2 is 2.00 bits per heavy atom. The van der Waals surface area contributed by atoms with Gasteiger partial charge in [0.15, 0.2) is 11.5 Å². The molecule has 0 amide bonds. The zero-order chi connectivity index (χ0) is 14.2. The molecule has 1 aromatic carbocycles. The number of ether oxygens (including phenoxy) is 2. The molecule has 0 saturated heterocycles. The van der Waals surface area contributed by atoms with Crippen LogP contribution in [0.4, 0.5) is 0 Å². The monoisotopic (exact) mass is 275 g/mol. The maximum atomic E-state index is 5.26. The number of nitrogens with one attached hydrogen (secondary N) is 1. The van der Waals surface area contributed by atoms with Crippen molar-refractivity contribution in [2.45, 2.75) is 25.7 Å². The number of nitrogens with zero attached hydrogens (tertiary/aromatic N) is 2. The van der Waals surface area contributed by atoms with E-state index in [4.69, 9.17) is 9.47 Å². The van der Waals surface area contributed by atoms with E-state index in [-0.39, 0.29) is 0 Å². The average Bonchev–Trinajstić information content (AvgIpc) is 2.76. The van der Waals surface area contributed by atoms with Gasteiger partial charge in [-0.05, 0) is 36.6 Å². The van der Waals surface area contributed by atoms with Gasteiger partial charge in [0, 0.05) is 13.0 Å². The third-order valence-electron chi connectivity index (χ3n) is 3.19. The van der Waals surface area contributed by atoms with Gasteiger partial charge < -0.3 is 9.47 Å². The van der Waals surface area contributed by atoms with Crippen LogP contribution >= 0.6 is 0 Å². The Morgan fingerprint density at radius 3 is 2.80 bits per heavy atom. The number of hydrazone groups is 1. The van der Waals surface area contributed by atoms with Crippen LogP contribution in [0.1, 0.15) is 31.2 Å². The number of amidine groups is 1. The second kappa shape index (κ2) is 7.53. The number of methoxy groups -OCH3 is 2. The van der Waals surface area contributed by atoms with Gasteiger partial charge in [0.25, 0.3) is 0 Å². The van der Waals surface area contributed by atoms with Crippen molar-refractivity contribution in [1.82, 2.24) is 5.43 Å². The number of hydrogen-bond donors (Lipinski definition) is 1. The minimum absolute atomic E-state index is 0.697. The topological polar surface area (TPSA) is 55.2 Å². The predicted molar refractivity (Wildman–Crippen MR) is 81.0 cm³/mol. The molecule has 108 valence electrons. The van der Waals surface area contributed by atoms with Crippen molar-refractivity contribution in [3.8, 4) is 11.5 Å². The fraction of sp³-hybridized carbons (Fsp3) is 0.467. The quantitative estimate of drug-likeness (QED) is 0.679. The van der Waals surface area contributed by atoms with Gasteiger partial charge in [-0.1, -0.05) is 6.42 Å². The second-order valence-corrected chi connectivity index (χ2v) is 4.62. The smallest absolute Gasteiger partial charge is 0.161 e. The second-order valence-electron chi connectivity index (χ2n) is 4.62. The van der Waals surface area contributed by atoms with E-state index in [2.05, 4.69) is 15.5 Å². The Kier molecular flexibility index (Phi) is 5.41. The van der Waals surface area contributed by atoms with Gasteiger partial charge in [-0.3, -0.25) is 10.4 Å². The zero-order valence-electron chi connectivity index (χ0n) is 12.1. The third kappa shape index (κ3) is 3.98. The van der Waals surface area contributed by atoms with Gasteiger partial charge in [0.2, 0.25) is 0 Å². The van der Waals surface area contributed by atoms with Crippen molar-refractivity contribution in [1.29, 1.82) is 0 Å². The highest BCUT2D eigenvalue weighted by Crippen LogP contribution is 2.26. The molecule has 5 nitrogen and oxygen atoms in total.